The minimum atomic E-state index is 0.265. The maximum atomic E-state index is 11.0. The molecule has 1 aliphatic rings. The van der Waals surface area contributed by atoms with E-state index >= 15 is 0 Å². The summed E-state index contributed by atoms with van der Waals surface area (Å²) in [5, 5.41) is 4.35. The Bertz CT molecular complexity index is 1370. The fraction of sp³-hybridized carbons (Fsp3) is 0.259. The molecule has 5 rings (SSSR count). The number of nitrogens with zero attached hydrogens (tertiary/aromatic N) is 2. The summed E-state index contributed by atoms with van der Waals surface area (Å²) >= 11 is 8.68. The zero-order valence-electron chi connectivity index (χ0n) is 19.6. The second kappa shape index (κ2) is 10.2. The van der Waals surface area contributed by atoms with Crippen LogP contribution in [0, 0.1) is 0 Å². The number of amides is 1. The van der Waals surface area contributed by atoms with Gasteiger partial charge < -0.3 is 14.8 Å². The zero-order valence-corrected chi connectivity index (χ0v) is 21.2. The van der Waals surface area contributed by atoms with Crippen molar-refractivity contribution in [3.63, 3.8) is 0 Å². The lowest BCUT2D eigenvalue weighted by Crippen LogP contribution is -2.29. The zero-order chi connectivity index (χ0) is 24.4. The Morgan fingerprint density at radius 3 is 2.69 bits per heavy atom. The molecule has 1 aliphatic heterocycles. The number of halogens is 1. The molecule has 2 aromatic heterocycles. The molecule has 0 fully saturated rings. The highest BCUT2D eigenvalue weighted by Gasteiger charge is 2.27. The molecule has 0 saturated heterocycles. The minimum absolute atomic E-state index is 0.265. The summed E-state index contributed by atoms with van der Waals surface area (Å²) < 4.78 is 11.0. The van der Waals surface area contributed by atoms with Crippen molar-refractivity contribution in [3.8, 4) is 22.6 Å². The molecule has 4 aromatic rings. The van der Waals surface area contributed by atoms with E-state index < -0.39 is 0 Å². The predicted molar refractivity (Wildman–Crippen MR) is 140 cm³/mol. The third-order valence-corrected chi connectivity index (χ3v) is 7.87. The largest absolute Gasteiger partial charge is 0.493 e. The van der Waals surface area contributed by atoms with Gasteiger partial charge in [0.2, 0.25) is 6.41 Å². The molecule has 0 saturated carbocycles. The number of hydrogen-bond donors (Lipinski definition) is 1. The van der Waals surface area contributed by atoms with E-state index in [1.165, 1.54) is 16.0 Å². The molecule has 0 aliphatic carbocycles. The number of fused-ring (bicyclic) bond motifs is 3. The van der Waals surface area contributed by atoms with Gasteiger partial charge in [-0.25, -0.2) is 4.98 Å². The van der Waals surface area contributed by atoms with E-state index in [9.17, 15) is 4.79 Å². The van der Waals surface area contributed by atoms with Gasteiger partial charge in [-0.3, -0.25) is 9.69 Å². The van der Waals surface area contributed by atoms with Crippen molar-refractivity contribution < 1.29 is 14.3 Å². The summed E-state index contributed by atoms with van der Waals surface area (Å²) in [6, 6.07) is 16.4. The van der Waals surface area contributed by atoms with Gasteiger partial charge in [0.05, 0.1) is 31.5 Å². The molecule has 0 unspecified atom stereocenters. The first-order chi connectivity index (χ1) is 17.1. The van der Waals surface area contributed by atoms with Crippen LogP contribution in [0.15, 0.2) is 48.5 Å². The van der Waals surface area contributed by atoms with Gasteiger partial charge >= 0.3 is 0 Å². The normalized spacial score (nSPS) is 13.5. The third-order valence-electron chi connectivity index (χ3n) is 6.35. The first-order valence-electron chi connectivity index (χ1n) is 11.4. The van der Waals surface area contributed by atoms with Gasteiger partial charge in [-0.15, -0.1) is 11.3 Å². The fourth-order valence-electron chi connectivity index (χ4n) is 4.70. The van der Waals surface area contributed by atoms with Crippen molar-refractivity contribution in [1.29, 1.82) is 0 Å². The van der Waals surface area contributed by atoms with Crippen molar-refractivity contribution in [1.82, 2.24) is 15.2 Å². The van der Waals surface area contributed by atoms with Crippen LogP contribution in [0.2, 0.25) is 5.02 Å². The predicted octanol–water partition coefficient (Wildman–Crippen LogP) is 5.44. The van der Waals surface area contributed by atoms with Gasteiger partial charge in [-0.05, 0) is 35.2 Å². The maximum absolute atomic E-state index is 11.0. The van der Waals surface area contributed by atoms with Gasteiger partial charge in [0, 0.05) is 35.5 Å². The van der Waals surface area contributed by atoms with E-state index in [-0.39, 0.29) is 6.54 Å². The maximum Gasteiger partial charge on any atom is 0.207 e. The number of benzene rings is 2. The van der Waals surface area contributed by atoms with E-state index in [0.29, 0.717) is 28.6 Å². The summed E-state index contributed by atoms with van der Waals surface area (Å²) in [6.07, 6.45) is 1.59. The summed E-state index contributed by atoms with van der Waals surface area (Å²) in [5.41, 5.74) is 5.12. The van der Waals surface area contributed by atoms with Gasteiger partial charge in [-0.2, -0.15) is 0 Å². The molecule has 1 amide bonds. The summed E-state index contributed by atoms with van der Waals surface area (Å²) in [7, 11) is 3.24. The molecule has 0 spiro atoms. The number of hydrogen-bond acceptors (Lipinski definition) is 6. The molecule has 0 radical (unpaired) electrons. The minimum Gasteiger partial charge on any atom is -0.493 e. The van der Waals surface area contributed by atoms with Crippen molar-refractivity contribution in [2.45, 2.75) is 26.1 Å². The van der Waals surface area contributed by atoms with Crippen molar-refractivity contribution in [2.75, 3.05) is 20.8 Å². The number of methoxy groups -OCH3 is 2. The van der Waals surface area contributed by atoms with Crippen LogP contribution in [0.1, 0.15) is 21.7 Å². The molecule has 35 heavy (non-hydrogen) atoms. The second-order valence-electron chi connectivity index (χ2n) is 8.45. The Balaban J connectivity index is 1.62. The van der Waals surface area contributed by atoms with Crippen LogP contribution >= 0.6 is 22.9 Å². The van der Waals surface area contributed by atoms with Gasteiger partial charge in [0.1, 0.15) is 4.83 Å². The number of carbonyl (C=O) groups excluding carboxylic acids is 1. The van der Waals surface area contributed by atoms with Crippen LogP contribution in [-0.4, -0.2) is 37.1 Å². The van der Waals surface area contributed by atoms with Crippen LogP contribution in [0.25, 0.3) is 21.3 Å². The summed E-state index contributed by atoms with van der Waals surface area (Å²) in [4.78, 5) is 20.6. The third kappa shape index (κ3) is 4.59. The standard InChI is InChI=1S/C27H26ClN3O3S/c1-33-21-9-8-18(12-22(21)34-2)24-25-19-10-11-31(14-17-6-4-3-5-7-17)15-23(19)35-27(25)30-20(26(24)28)13-29-16-32/h3-9,12,16H,10-11,13-15H2,1-2H3,(H,29,32). The Labute approximate surface area is 213 Å². The number of nitrogens with one attached hydrogen (secondary N) is 1. The fourth-order valence-corrected chi connectivity index (χ4v) is 6.30. The molecule has 2 aromatic carbocycles. The Hall–Kier alpha value is -3.13. The van der Waals surface area contributed by atoms with Crippen LogP contribution in [0.5, 0.6) is 11.5 Å². The number of aromatic nitrogens is 1. The van der Waals surface area contributed by atoms with E-state index in [0.717, 1.165) is 47.4 Å². The molecular weight excluding hydrogens is 482 g/mol. The Kier molecular flexibility index (Phi) is 6.90. The first kappa shape index (κ1) is 23.6. The molecule has 6 nitrogen and oxygen atoms in total. The molecule has 0 atom stereocenters. The van der Waals surface area contributed by atoms with Gasteiger partial charge in [0.25, 0.3) is 0 Å². The molecule has 0 bridgehead atoms. The van der Waals surface area contributed by atoms with Crippen LogP contribution in [0.3, 0.4) is 0 Å². The molecule has 180 valence electrons. The number of rotatable bonds is 8. The molecule has 1 N–H and O–H groups in total. The van der Waals surface area contributed by atoms with Crippen LogP contribution < -0.4 is 14.8 Å². The van der Waals surface area contributed by atoms with Crippen LogP contribution in [0.4, 0.5) is 0 Å². The average molecular weight is 508 g/mol. The first-order valence-corrected chi connectivity index (χ1v) is 12.6. The Morgan fingerprint density at radius 1 is 1.14 bits per heavy atom. The number of carbonyl (C=O) groups is 1. The highest BCUT2D eigenvalue weighted by molar-refractivity contribution is 7.19. The van der Waals surface area contributed by atoms with Gasteiger partial charge in [-0.1, -0.05) is 48.0 Å². The Morgan fingerprint density at radius 2 is 1.94 bits per heavy atom. The average Bonchev–Trinajstić information content (AvgIpc) is 3.24. The lowest BCUT2D eigenvalue weighted by Gasteiger charge is -2.27. The highest BCUT2D eigenvalue weighted by atomic mass is 35.5. The SMILES string of the molecule is COc1ccc(-c2c(Cl)c(CNC=O)nc3sc4c(c23)CCN(Cc2ccccc2)C4)cc1OC. The topological polar surface area (TPSA) is 63.7 Å². The van der Waals surface area contributed by atoms with Crippen molar-refractivity contribution in [3.05, 3.63) is 75.3 Å². The monoisotopic (exact) mass is 507 g/mol. The van der Waals surface area contributed by atoms with Crippen molar-refractivity contribution >= 4 is 39.6 Å². The number of thiophene rings is 1. The lowest BCUT2D eigenvalue weighted by molar-refractivity contribution is -0.109. The van der Waals surface area contributed by atoms with E-state index in [1.807, 2.05) is 24.3 Å². The quantitative estimate of drug-likeness (QED) is 0.322. The van der Waals surface area contributed by atoms with Gasteiger partial charge in [0.15, 0.2) is 11.5 Å². The molecular formula is C27H26ClN3O3S. The summed E-state index contributed by atoms with van der Waals surface area (Å²) in [5.74, 6) is 1.29. The van der Waals surface area contributed by atoms with E-state index in [4.69, 9.17) is 26.1 Å². The highest BCUT2D eigenvalue weighted by Crippen LogP contribution is 2.45. The molecule has 8 heteroatoms. The second-order valence-corrected chi connectivity index (χ2v) is 9.91. The van der Waals surface area contributed by atoms with Crippen molar-refractivity contribution in [2.24, 2.45) is 0 Å². The smallest absolute Gasteiger partial charge is 0.207 e. The number of pyridine rings is 1. The summed E-state index contributed by atoms with van der Waals surface area (Å²) in [6.45, 7) is 3.02. The van der Waals surface area contributed by atoms with Crippen LogP contribution in [-0.2, 0) is 30.8 Å². The number of ether oxygens (including phenoxy) is 2. The van der Waals surface area contributed by atoms with E-state index in [1.54, 1.807) is 25.6 Å². The van der Waals surface area contributed by atoms with E-state index in [2.05, 4.69) is 34.5 Å². The molecule has 3 heterocycles. The lowest BCUT2D eigenvalue weighted by atomic mass is 9.95.